The molecule has 0 aliphatic rings. The molecule has 0 saturated carbocycles. The molecule has 1 heterocycles. The Kier molecular flexibility index (Phi) is 8.21. The van der Waals surface area contributed by atoms with Crippen LogP contribution in [0.5, 0.6) is 11.5 Å². The van der Waals surface area contributed by atoms with Crippen molar-refractivity contribution < 1.29 is 9.47 Å². The van der Waals surface area contributed by atoms with Gasteiger partial charge in [0.1, 0.15) is 18.1 Å². The van der Waals surface area contributed by atoms with Gasteiger partial charge in [0.05, 0.1) is 24.4 Å². The first kappa shape index (κ1) is 20.0. The molecule has 0 spiro atoms. The smallest absolute Gasteiger partial charge is 0.191 e. The molecule has 0 radical (unpaired) electrons. The molecule has 0 fully saturated rings. The first-order valence-electron chi connectivity index (χ1n) is 8.84. The van der Waals surface area contributed by atoms with E-state index in [9.17, 15) is 0 Å². The highest BCUT2D eigenvalue weighted by molar-refractivity contribution is 7.11. The van der Waals surface area contributed by atoms with Crippen LogP contribution in [0.1, 0.15) is 22.5 Å². The van der Waals surface area contributed by atoms with Gasteiger partial charge in [-0.3, -0.25) is 4.99 Å². The van der Waals surface area contributed by atoms with Crippen molar-refractivity contribution in [2.24, 2.45) is 4.99 Å². The summed E-state index contributed by atoms with van der Waals surface area (Å²) in [7, 11) is 1.65. The van der Waals surface area contributed by atoms with Gasteiger partial charge in [-0.05, 0) is 45.0 Å². The molecule has 2 aromatic rings. The predicted octanol–water partition coefficient (Wildman–Crippen LogP) is 2.95. The van der Waals surface area contributed by atoms with Crippen LogP contribution in [0.2, 0.25) is 0 Å². The normalized spacial score (nSPS) is 11.3. The zero-order valence-electron chi connectivity index (χ0n) is 16.0. The van der Waals surface area contributed by atoms with Crippen LogP contribution in [-0.4, -0.2) is 44.3 Å². The summed E-state index contributed by atoms with van der Waals surface area (Å²) < 4.78 is 10.8. The number of methoxy groups -OCH3 is 1. The van der Waals surface area contributed by atoms with Crippen molar-refractivity contribution in [3.8, 4) is 11.5 Å². The first-order valence-corrected chi connectivity index (χ1v) is 9.66. The van der Waals surface area contributed by atoms with Gasteiger partial charge in [-0.1, -0.05) is 0 Å². The summed E-state index contributed by atoms with van der Waals surface area (Å²) >= 11 is 1.75. The molecular weight excluding hydrogens is 348 g/mol. The molecule has 0 bridgehead atoms. The van der Waals surface area contributed by atoms with Gasteiger partial charge in [-0.25, -0.2) is 4.98 Å². The molecule has 2 rings (SSSR count). The minimum absolute atomic E-state index is 0.557. The third-order valence-electron chi connectivity index (χ3n) is 3.74. The van der Waals surface area contributed by atoms with Gasteiger partial charge >= 0.3 is 0 Å². The van der Waals surface area contributed by atoms with Crippen LogP contribution < -0.4 is 20.1 Å². The predicted molar refractivity (Wildman–Crippen MR) is 108 cm³/mol. The standard InChI is InChI=1S/C19H28N4O2S/c1-5-20-19(21-11-10-18-23-14(2)15(3)26-18)22-12-13-25-17-8-6-16(24-4)7-9-17/h6-9H,5,10-13H2,1-4H3,(H2,20,21,22). The minimum Gasteiger partial charge on any atom is -0.497 e. The van der Waals surface area contributed by atoms with Crippen LogP contribution in [0.25, 0.3) is 0 Å². The van der Waals surface area contributed by atoms with Crippen LogP contribution in [0, 0.1) is 13.8 Å². The first-order chi connectivity index (χ1) is 12.6. The summed E-state index contributed by atoms with van der Waals surface area (Å²) in [5, 5.41) is 7.68. The molecule has 1 aromatic heterocycles. The van der Waals surface area contributed by atoms with Gasteiger partial charge in [0.2, 0.25) is 0 Å². The number of aromatic nitrogens is 1. The molecule has 0 aliphatic carbocycles. The molecule has 26 heavy (non-hydrogen) atoms. The number of hydrogen-bond donors (Lipinski definition) is 2. The van der Waals surface area contributed by atoms with Gasteiger partial charge in [-0.15, -0.1) is 11.3 Å². The largest absolute Gasteiger partial charge is 0.497 e. The van der Waals surface area contributed by atoms with E-state index in [-0.39, 0.29) is 0 Å². The Bertz CT molecular complexity index is 679. The van der Waals surface area contributed by atoms with Crippen LogP contribution in [-0.2, 0) is 6.42 Å². The van der Waals surface area contributed by atoms with Gasteiger partial charge < -0.3 is 20.1 Å². The average Bonchev–Trinajstić information content (AvgIpc) is 2.97. The minimum atomic E-state index is 0.557. The number of nitrogens with one attached hydrogen (secondary N) is 2. The Labute approximate surface area is 159 Å². The number of ether oxygens (including phenoxy) is 2. The van der Waals surface area contributed by atoms with Gasteiger partial charge in [0, 0.05) is 24.4 Å². The third-order valence-corrected chi connectivity index (χ3v) is 4.87. The second kappa shape index (κ2) is 10.7. The number of rotatable bonds is 9. The van der Waals surface area contributed by atoms with Crippen LogP contribution >= 0.6 is 11.3 Å². The molecule has 1 aromatic carbocycles. The van der Waals surface area contributed by atoms with E-state index >= 15 is 0 Å². The summed E-state index contributed by atoms with van der Waals surface area (Å²) in [4.78, 5) is 10.4. The van der Waals surface area contributed by atoms with Crippen molar-refractivity contribution in [3.05, 3.63) is 39.8 Å². The lowest BCUT2D eigenvalue weighted by atomic mass is 10.3. The van der Waals surface area contributed by atoms with Crippen molar-refractivity contribution in [1.29, 1.82) is 0 Å². The zero-order valence-corrected chi connectivity index (χ0v) is 16.8. The summed E-state index contributed by atoms with van der Waals surface area (Å²) in [5.41, 5.74) is 1.12. The number of aliphatic imine (C=N–C) groups is 1. The average molecular weight is 377 g/mol. The molecule has 0 aliphatic heterocycles. The van der Waals surface area contributed by atoms with Crippen LogP contribution in [0.3, 0.4) is 0 Å². The second-order valence-electron chi connectivity index (χ2n) is 5.71. The van der Waals surface area contributed by atoms with E-state index in [1.165, 1.54) is 4.88 Å². The lowest BCUT2D eigenvalue weighted by Crippen LogP contribution is -2.39. The van der Waals surface area contributed by atoms with Crippen molar-refractivity contribution in [2.75, 3.05) is 33.4 Å². The highest BCUT2D eigenvalue weighted by Gasteiger charge is 2.03. The SMILES string of the molecule is CCNC(=NCCc1nc(C)c(C)s1)NCCOc1ccc(OC)cc1. The van der Waals surface area contributed by atoms with Crippen LogP contribution in [0.4, 0.5) is 0 Å². The Hall–Kier alpha value is -2.28. The Morgan fingerprint density at radius 1 is 1.15 bits per heavy atom. The van der Waals surface area contributed by atoms with Gasteiger partial charge in [0.25, 0.3) is 0 Å². The quantitative estimate of drug-likeness (QED) is 0.400. The second-order valence-corrected chi connectivity index (χ2v) is 7.00. The molecule has 0 unspecified atom stereocenters. The molecule has 7 heteroatoms. The highest BCUT2D eigenvalue weighted by atomic mass is 32.1. The molecular formula is C19H28N4O2S. The fourth-order valence-electron chi connectivity index (χ4n) is 2.26. The molecule has 0 atom stereocenters. The van der Waals surface area contributed by atoms with Crippen molar-refractivity contribution in [3.63, 3.8) is 0 Å². The fraction of sp³-hybridized carbons (Fsp3) is 0.474. The van der Waals surface area contributed by atoms with Crippen molar-refractivity contribution in [1.82, 2.24) is 15.6 Å². The van der Waals surface area contributed by atoms with Crippen molar-refractivity contribution >= 4 is 17.3 Å². The van der Waals surface area contributed by atoms with E-state index in [0.29, 0.717) is 19.7 Å². The fourth-order valence-corrected chi connectivity index (χ4v) is 3.18. The van der Waals surface area contributed by atoms with E-state index in [1.807, 2.05) is 31.2 Å². The maximum Gasteiger partial charge on any atom is 0.191 e. The molecule has 0 amide bonds. The summed E-state index contributed by atoms with van der Waals surface area (Å²) in [6.07, 6.45) is 0.859. The number of hydrogen-bond acceptors (Lipinski definition) is 5. The Morgan fingerprint density at radius 2 is 1.88 bits per heavy atom. The van der Waals surface area contributed by atoms with E-state index < -0.39 is 0 Å². The molecule has 6 nitrogen and oxygen atoms in total. The highest BCUT2D eigenvalue weighted by Crippen LogP contribution is 2.17. The van der Waals surface area contributed by atoms with Gasteiger partial charge in [0.15, 0.2) is 5.96 Å². The summed E-state index contributed by atoms with van der Waals surface area (Å²) in [6, 6.07) is 7.57. The zero-order chi connectivity index (χ0) is 18.8. The van der Waals surface area contributed by atoms with Crippen LogP contribution in [0.15, 0.2) is 29.3 Å². The Morgan fingerprint density at radius 3 is 2.50 bits per heavy atom. The number of benzene rings is 1. The summed E-state index contributed by atoms with van der Waals surface area (Å²) in [6.45, 7) is 8.97. The molecule has 0 saturated heterocycles. The number of aryl methyl sites for hydroxylation is 2. The van der Waals surface area contributed by atoms with E-state index in [2.05, 4.69) is 34.5 Å². The van der Waals surface area contributed by atoms with E-state index in [0.717, 1.165) is 41.1 Å². The molecule has 142 valence electrons. The van der Waals surface area contributed by atoms with Crippen molar-refractivity contribution in [2.45, 2.75) is 27.2 Å². The lowest BCUT2D eigenvalue weighted by Gasteiger charge is -2.12. The monoisotopic (exact) mass is 376 g/mol. The topological polar surface area (TPSA) is 67.8 Å². The number of nitrogens with zero attached hydrogens (tertiary/aromatic N) is 2. The lowest BCUT2D eigenvalue weighted by molar-refractivity contribution is 0.321. The van der Waals surface area contributed by atoms with E-state index in [4.69, 9.17) is 9.47 Å². The van der Waals surface area contributed by atoms with Gasteiger partial charge in [-0.2, -0.15) is 0 Å². The summed E-state index contributed by atoms with van der Waals surface area (Å²) in [5.74, 6) is 2.45. The number of thiazole rings is 1. The maximum absolute atomic E-state index is 5.71. The third kappa shape index (κ3) is 6.55. The maximum atomic E-state index is 5.71. The Balaban J connectivity index is 1.73. The molecule has 2 N–H and O–H groups in total. The van der Waals surface area contributed by atoms with E-state index in [1.54, 1.807) is 18.4 Å². The number of guanidine groups is 1.